The van der Waals surface area contributed by atoms with E-state index in [0.717, 1.165) is 25.7 Å². The summed E-state index contributed by atoms with van der Waals surface area (Å²) in [6, 6.07) is 0. The summed E-state index contributed by atoms with van der Waals surface area (Å²) in [4.78, 5) is 22.1. The molecule has 0 amide bonds. The van der Waals surface area contributed by atoms with Gasteiger partial charge in [0.2, 0.25) is 0 Å². The minimum Gasteiger partial charge on any atom is -0.792 e. The molecule has 4 nitrogen and oxygen atoms in total. The van der Waals surface area contributed by atoms with E-state index in [1.807, 2.05) is 0 Å². The first kappa shape index (κ1) is 41.7. The zero-order valence-corrected chi connectivity index (χ0v) is 23.5. The van der Waals surface area contributed by atoms with Gasteiger partial charge in [0.15, 0.2) is 0 Å². The maximum absolute atomic E-state index is 11.0. The quantitative estimate of drug-likeness (QED) is 0.121. The van der Waals surface area contributed by atoms with Gasteiger partial charge in [0.1, 0.15) is 0 Å². The van der Waals surface area contributed by atoms with Crippen molar-refractivity contribution >= 4 is 61.1 Å². The molecule has 0 aliphatic carbocycles. The standard InChI is InChI=1S/2C11H22O2S.2CH4.Sn/c2*1-3-5-6-10(4-2)9-13-11(12)7-8-14;;;/h2*10,14H,3-9H2,1-2H3;2*1H4;/q;;;;+2/p-2. The zero-order valence-electron chi connectivity index (χ0n) is 19.0. The Morgan fingerprint density at radius 3 is 1.26 bits per heavy atom. The Hall–Kier alpha value is 0.439. The SMILES string of the molecule is C.C.CCCCC(CC)COC(=O)CC[S-].CCCCC(CC)COC(=O)CC[S-].[Sn+2]. The molecule has 2 unspecified atom stereocenters. The molecule has 0 saturated heterocycles. The average Bonchev–Trinajstić information content (AvgIpc) is 2.69. The summed E-state index contributed by atoms with van der Waals surface area (Å²) in [7, 11) is 0. The Morgan fingerprint density at radius 1 is 0.710 bits per heavy atom. The van der Waals surface area contributed by atoms with Crippen molar-refractivity contribution in [1.29, 1.82) is 0 Å². The molecular formula is C24H50O4S2Sn. The van der Waals surface area contributed by atoms with Crippen LogP contribution >= 0.6 is 0 Å². The van der Waals surface area contributed by atoms with Crippen molar-refractivity contribution in [2.24, 2.45) is 11.8 Å². The number of esters is 2. The first-order valence-corrected chi connectivity index (χ1v) is 12.1. The van der Waals surface area contributed by atoms with E-state index in [1.54, 1.807) is 0 Å². The summed E-state index contributed by atoms with van der Waals surface area (Å²) in [6.45, 7) is 9.78. The van der Waals surface area contributed by atoms with Crippen LogP contribution in [0.4, 0.5) is 0 Å². The predicted molar refractivity (Wildman–Crippen MR) is 141 cm³/mol. The maximum atomic E-state index is 11.0. The third-order valence-corrected chi connectivity index (χ3v) is 5.07. The smallest absolute Gasteiger partial charge is 0.792 e. The fourth-order valence-electron chi connectivity index (χ4n) is 2.53. The zero-order chi connectivity index (χ0) is 21.6. The van der Waals surface area contributed by atoms with Gasteiger partial charge in [0.05, 0.1) is 13.2 Å². The Labute approximate surface area is 222 Å². The summed E-state index contributed by atoms with van der Waals surface area (Å²) < 4.78 is 10.3. The summed E-state index contributed by atoms with van der Waals surface area (Å²) in [6.07, 6.45) is 10.1. The Bertz CT molecular complexity index is 337. The first-order valence-electron chi connectivity index (χ1n) is 11.0. The van der Waals surface area contributed by atoms with Crippen molar-refractivity contribution in [3.63, 3.8) is 0 Å². The van der Waals surface area contributed by atoms with E-state index in [1.165, 1.54) is 25.7 Å². The molecule has 0 spiro atoms. The second-order valence-electron chi connectivity index (χ2n) is 7.11. The second-order valence-corrected chi connectivity index (χ2v) is 7.92. The van der Waals surface area contributed by atoms with Gasteiger partial charge < -0.3 is 34.7 Å². The number of hydrogen-bond acceptors (Lipinski definition) is 6. The van der Waals surface area contributed by atoms with E-state index in [4.69, 9.17) is 34.7 Å². The molecule has 0 aromatic carbocycles. The maximum Gasteiger partial charge on any atom is 2.00 e. The fraction of sp³-hybridized carbons (Fsp3) is 0.917. The molecule has 0 aliphatic rings. The number of carbonyl (C=O) groups is 2. The summed E-state index contributed by atoms with van der Waals surface area (Å²) in [5.74, 6) is 1.70. The van der Waals surface area contributed by atoms with E-state index in [2.05, 4.69) is 27.7 Å². The number of rotatable bonds is 16. The topological polar surface area (TPSA) is 52.6 Å². The minimum atomic E-state index is -0.144. The van der Waals surface area contributed by atoms with Crippen LogP contribution in [-0.4, -0.2) is 60.6 Å². The van der Waals surface area contributed by atoms with Crippen molar-refractivity contribution in [1.82, 2.24) is 0 Å². The van der Waals surface area contributed by atoms with Crippen LogP contribution in [0.1, 0.15) is 107 Å². The van der Waals surface area contributed by atoms with Crippen LogP contribution in [0.25, 0.3) is 0 Å². The van der Waals surface area contributed by atoms with E-state index in [-0.39, 0.29) is 50.7 Å². The molecule has 0 saturated carbocycles. The van der Waals surface area contributed by atoms with E-state index >= 15 is 0 Å². The molecule has 0 aromatic heterocycles. The van der Waals surface area contributed by atoms with Gasteiger partial charge in [0, 0.05) is 12.8 Å². The Morgan fingerprint density at radius 2 is 1.03 bits per heavy atom. The van der Waals surface area contributed by atoms with Crippen LogP contribution in [0.15, 0.2) is 0 Å². The number of unbranched alkanes of at least 4 members (excludes halogenated alkanes) is 2. The Kier molecular flexibility index (Phi) is 43.8. The van der Waals surface area contributed by atoms with Crippen molar-refractivity contribution in [3.8, 4) is 0 Å². The molecule has 0 heterocycles. The van der Waals surface area contributed by atoms with Crippen molar-refractivity contribution in [2.45, 2.75) is 107 Å². The summed E-state index contributed by atoms with van der Waals surface area (Å²) in [5, 5.41) is 0. The van der Waals surface area contributed by atoms with Crippen molar-refractivity contribution in [3.05, 3.63) is 0 Å². The van der Waals surface area contributed by atoms with Gasteiger partial charge in [-0.2, -0.15) is 11.5 Å². The van der Waals surface area contributed by atoms with Crippen molar-refractivity contribution < 1.29 is 19.1 Å². The van der Waals surface area contributed by atoms with Gasteiger partial charge >= 0.3 is 35.8 Å². The first-order chi connectivity index (χ1) is 13.5. The molecule has 0 aromatic rings. The third kappa shape index (κ3) is 30.4. The van der Waals surface area contributed by atoms with Gasteiger partial charge in [-0.15, -0.1) is 0 Å². The van der Waals surface area contributed by atoms with Gasteiger partial charge in [-0.25, -0.2) is 0 Å². The average molecular weight is 586 g/mol. The normalized spacial score (nSPS) is 11.3. The van der Waals surface area contributed by atoms with Gasteiger partial charge in [-0.3, -0.25) is 9.59 Å². The molecule has 0 bridgehead atoms. The molecule has 186 valence electrons. The second kappa shape index (κ2) is 32.6. The van der Waals surface area contributed by atoms with E-state index in [0.29, 0.717) is 49.4 Å². The number of hydrogen-bond donors (Lipinski definition) is 0. The van der Waals surface area contributed by atoms with E-state index in [9.17, 15) is 9.59 Å². The van der Waals surface area contributed by atoms with Gasteiger partial charge in [-0.05, 0) is 24.7 Å². The largest absolute Gasteiger partial charge is 2.00 e. The molecule has 31 heavy (non-hydrogen) atoms. The van der Waals surface area contributed by atoms with Crippen molar-refractivity contribution in [2.75, 3.05) is 24.7 Å². The summed E-state index contributed by atoms with van der Waals surface area (Å²) >= 11 is 9.41. The molecule has 0 fully saturated rings. The van der Waals surface area contributed by atoms with E-state index < -0.39 is 0 Å². The number of carbonyl (C=O) groups excluding carboxylic acids is 2. The van der Waals surface area contributed by atoms with Crippen LogP contribution in [0.3, 0.4) is 0 Å². The van der Waals surface area contributed by atoms with Gasteiger partial charge in [-0.1, -0.05) is 81.1 Å². The third-order valence-electron chi connectivity index (χ3n) is 4.66. The van der Waals surface area contributed by atoms with Crippen LogP contribution in [0, 0.1) is 11.8 Å². The predicted octanol–water partition coefficient (Wildman–Crippen LogP) is 6.26. The molecule has 2 radical (unpaired) electrons. The van der Waals surface area contributed by atoms with Crippen LogP contribution in [-0.2, 0) is 44.3 Å². The van der Waals surface area contributed by atoms with Crippen LogP contribution in [0.2, 0.25) is 0 Å². The van der Waals surface area contributed by atoms with Crippen LogP contribution in [0.5, 0.6) is 0 Å². The minimum absolute atomic E-state index is 0. The molecule has 0 N–H and O–H groups in total. The fourth-order valence-corrected chi connectivity index (χ4v) is 2.86. The summed E-state index contributed by atoms with van der Waals surface area (Å²) in [5.41, 5.74) is 0. The molecule has 0 rings (SSSR count). The monoisotopic (exact) mass is 586 g/mol. The molecule has 7 heteroatoms. The number of ether oxygens (including phenoxy) is 2. The van der Waals surface area contributed by atoms with Gasteiger partial charge in [0.25, 0.3) is 0 Å². The Balaban J connectivity index is -0.000000133. The molecular weight excluding hydrogens is 535 g/mol. The van der Waals surface area contributed by atoms with Crippen LogP contribution < -0.4 is 0 Å². The molecule has 2 atom stereocenters. The molecule has 0 aliphatic heterocycles.